The molecule has 3 aromatic rings. The van der Waals surface area contributed by atoms with E-state index in [0.29, 0.717) is 16.0 Å². The third kappa shape index (κ3) is 3.21. The molecule has 1 aliphatic rings. The second-order valence-electron chi connectivity index (χ2n) is 6.81. The molecular formula is C19H21Cl2N5. The lowest BCUT2D eigenvalue weighted by molar-refractivity contribution is 0.490. The maximum absolute atomic E-state index is 6.42. The first-order chi connectivity index (χ1) is 12.5. The third-order valence-electron chi connectivity index (χ3n) is 5.05. The number of halogens is 2. The molecule has 136 valence electrons. The Labute approximate surface area is 162 Å². The van der Waals surface area contributed by atoms with Gasteiger partial charge in [-0.25, -0.2) is 9.67 Å². The first-order valence-corrected chi connectivity index (χ1v) is 9.55. The van der Waals surface area contributed by atoms with Crippen molar-refractivity contribution in [3.8, 4) is 5.69 Å². The van der Waals surface area contributed by atoms with Crippen molar-refractivity contribution in [2.24, 2.45) is 0 Å². The molecule has 1 aliphatic heterocycles. The van der Waals surface area contributed by atoms with Gasteiger partial charge in [-0.1, -0.05) is 23.2 Å². The van der Waals surface area contributed by atoms with Crippen LogP contribution in [0.5, 0.6) is 0 Å². The van der Waals surface area contributed by atoms with E-state index in [1.54, 1.807) is 12.4 Å². The van der Waals surface area contributed by atoms with Crippen LogP contribution in [0.3, 0.4) is 0 Å². The summed E-state index contributed by atoms with van der Waals surface area (Å²) in [4.78, 5) is 10.0. The average molecular weight is 390 g/mol. The normalized spacial score (nSPS) is 15.6. The molecule has 0 amide bonds. The van der Waals surface area contributed by atoms with Gasteiger partial charge in [-0.05, 0) is 44.9 Å². The Hall–Kier alpha value is -1.98. The highest BCUT2D eigenvalue weighted by atomic mass is 35.5. The fraction of sp³-hybridized carbons (Fsp3) is 0.368. The van der Waals surface area contributed by atoms with Crippen molar-refractivity contribution in [1.82, 2.24) is 19.7 Å². The Kier molecular flexibility index (Phi) is 4.67. The summed E-state index contributed by atoms with van der Waals surface area (Å²) >= 11 is 12.5. The molecule has 1 N–H and O–H groups in total. The van der Waals surface area contributed by atoms with Crippen LogP contribution in [0, 0.1) is 13.8 Å². The second-order valence-corrected chi connectivity index (χ2v) is 7.66. The summed E-state index contributed by atoms with van der Waals surface area (Å²) in [5.41, 5.74) is 4.20. The minimum absolute atomic E-state index is 0.533. The summed E-state index contributed by atoms with van der Waals surface area (Å²) in [7, 11) is 0. The Morgan fingerprint density at radius 1 is 1.12 bits per heavy atom. The van der Waals surface area contributed by atoms with Gasteiger partial charge in [0.2, 0.25) is 0 Å². The standard InChI is InChI=1S/C19H21Cl2N5/c1-12-9-18(26(24-12)17-4-3-15(20)10-16(17)21)25-7-5-14(6-8-25)19-13(2)22-11-23-19/h3-4,9-11,14H,5-8H2,1-2H3,(H,22,23). The van der Waals surface area contributed by atoms with E-state index >= 15 is 0 Å². The predicted molar refractivity (Wildman–Crippen MR) is 106 cm³/mol. The summed E-state index contributed by atoms with van der Waals surface area (Å²) < 4.78 is 1.93. The Bertz CT molecular complexity index is 922. The summed E-state index contributed by atoms with van der Waals surface area (Å²) in [5, 5.41) is 5.89. The van der Waals surface area contributed by atoms with Crippen LogP contribution in [0.15, 0.2) is 30.6 Å². The molecule has 1 fully saturated rings. The molecule has 0 unspecified atom stereocenters. The van der Waals surface area contributed by atoms with Crippen molar-refractivity contribution >= 4 is 29.0 Å². The van der Waals surface area contributed by atoms with Crippen LogP contribution < -0.4 is 4.90 Å². The number of H-pyrrole nitrogens is 1. The van der Waals surface area contributed by atoms with E-state index in [2.05, 4.69) is 33.0 Å². The zero-order chi connectivity index (χ0) is 18.3. The maximum atomic E-state index is 6.42. The summed E-state index contributed by atoms with van der Waals surface area (Å²) in [6.07, 6.45) is 3.96. The van der Waals surface area contributed by atoms with Gasteiger partial charge in [0.1, 0.15) is 5.82 Å². The van der Waals surface area contributed by atoms with Crippen LogP contribution in [0.25, 0.3) is 5.69 Å². The number of imidazole rings is 1. The number of nitrogens with one attached hydrogen (secondary N) is 1. The third-order valence-corrected chi connectivity index (χ3v) is 5.58. The smallest absolute Gasteiger partial charge is 0.132 e. The van der Waals surface area contributed by atoms with Gasteiger partial charge in [0.15, 0.2) is 0 Å². The average Bonchev–Trinajstić information content (AvgIpc) is 3.21. The molecule has 1 aromatic carbocycles. The van der Waals surface area contributed by atoms with Gasteiger partial charge in [-0.2, -0.15) is 5.10 Å². The highest BCUT2D eigenvalue weighted by molar-refractivity contribution is 6.35. The predicted octanol–water partition coefficient (Wildman–Crippen LogP) is 4.90. The topological polar surface area (TPSA) is 49.7 Å². The zero-order valence-corrected chi connectivity index (χ0v) is 16.3. The fourth-order valence-electron chi connectivity index (χ4n) is 3.72. The minimum Gasteiger partial charge on any atom is -0.356 e. The molecule has 7 heteroatoms. The fourth-order valence-corrected chi connectivity index (χ4v) is 4.21. The van der Waals surface area contributed by atoms with Gasteiger partial charge in [0.25, 0.3) is 0 Å². The second kappa shape index (κ2) is 6.97. The lowest BCUT2D eigenvalue weighted by atomic mass is 9.92. The van der Waals surface area contributed by atoms with E-state index in [4.69, 9.17) is 23.2 Å². The quantitative estimate of drug-likeness (QED) is 0.692. The monoisotopic (exact) mass is 389 g/mol. The van der Waals surface area contributed by atoms with Gasteiger partial charge in [-0.15, -0.1) is 0 Å². The van der Waals surface area contributed by atoms with E-state index in [9.17, 15) is 0 Å². The van der Waals surface area contributed by atoms with Crippen molar-refractivity contribution in [2.75, 3.05) is 18.0 Å². The minimum atomic E-state index is 0.533. The van der Waals surface area contributed by atoms with Crippen molar-refractivity contribution in [2.45, 2.75) is 32.6 Å². The number of aromatic nitrogens is 4. The number of hydrogen-bond donors (Lipinski definition) is 1. The molecule has 2 aromatic heterocycles. The molecule has 0 radical (unpaired) electrons. The van der Waals surface area contributed by atoms with Crippen molar-refractivity contribution < 1.29 is 0 Å². The SMILES string of the molecule is Cc1cc(N2CCC(c3[nH]cnc3C)CC2)n(-c2ccc(Cl)cc2Cl)n1. The molecule has 0 spiro atoms. The molecule has 0 atom stereocenters. The van der Waals surface area contributed by atoms with Gasteiger partial charge < -0.3 is 9.88 Å². The molecule has 1 saturated heterocycles. The largest absolute Gasteiger partial charge is 0.356 e. The summed E-state index contributed by atoms with van der Waals surface area (Å²) in [6.45, 7) is 6.02. The van der Waals surface area contributed by atoms with E-state index in [1.165, 1.54) is 5.69 Å². The molecular weight excluding hydrogens is 369 g/mol. The van der Waals surface area contributed by atoms with Crippen LogP contribution in [-0.2, 0) is 0 Å². The number of anilines is 1. The van der Waals surface area contributed by atoms with Crippen LogP contribution in [0.1, 0.15) is 35.8 Å². The first kappa shape index (κ1) is 17.4. The Morgan fingerprint density at radius 2 is 1.88 bits per heavy atom. The van der Waals surface area contributed by atoms with E-state index in [-0.39, 0.29) is 0 Å². The molecule has 5 nitrogen and oxygen atoms in total. The molecule has 0 aliphatic carbocycles. The van der Waals surface area contributed by atoms with Gasteiger partial charge in [0, 0.05) is 35.8 Å². The number of nitrogens with zero attached hydrogens (tertiary/aromatic N) is 4. The zero-order valence-electron chi connectivity index (χ0n) is 14.8. The lowest BCUT2D eigenvalue weighted by Gasteiger charge is -2.33. The van der Waals surface area contributed by atoms with E-state index < -0.39 is 0 Å². The van der Waals surface area contributed by atoms with Gasteiger partial charge >= 0.3 is 0 Å². The Balaban J connectivity index is 1.59. The van der Waals surface area contributed by atoms with Crippen LogP contribution in [0.4, 0.5) is 5.82 Å². The maximum Gasteiger partial charge on any atom is 0.132 e. The molecule has 0 saturated carbocycles. The lowest BCUT2D eigenvalue weighted by Crippen LogP contribution is -2.34. The molecule has 0 bridgehead atoms. The van der Waals surface area contributed by atoms with Crippen molar-refractivity contribution in [3.05, 3.63) is 57.7 Å². The number of benzene rings is 1. The van der Waals surface area contributed by atoms with Crippen molar-refractivity contribution in [3.63, 3.8) is 0 Å². The molecule has 4 rings (SSSR count). The molecule has 26 heavy (non-hydrogen) atoms. The number of rotatable bonds is 3. The van der Waals surface area contributed by atoms with Gasteiger partial charge in [0.05, 0.1) is 28.4 Å². The number of hydrogen-bond acceptors (Lipinski definition) is 3. The summed E-state index contributed by atoms with van der Waals surface area (Å²) in [6, 6.07) is 7.64. The van der Waals surface area contributed by atoms with E-state index in [1.807, 2.05) is 23.7 Å². The van der Waals surface area contributed by atoms with E-state index in [0.717, 1.165) is 48.8 Å². The highest BCUT2D eigenvalue weighted by Gasteiger charge is 2.25. The van der Waals surface area contributed by atoms with Crippen LogP contribution in [-0.4, -0.2) is 32.8 Å². The Morgan fingerprint density at radius 3 is 2.54 bits per heavy atom. The number of piperidine rings is 1. The van der Waals surface area contributed by atoms with Crippen LogP contribution in [0.2, 0.25) is 10.0 Å². The first-order valence-electron chi connectivity index (χ1n) is 8.80. The van der Waals surface area contributed by atoms with Gasteiger partial charge in [-0.3, -0.25) is 0 Å². The van der Waals surface area contributed by atoms with Crippen LogP contribution >= 0.6 is 23.2 Å². The highest BCUT2D eigenvalue weighted by Crippen LogP contribution is 2.33. The number of aromatic amines is 1. The summed E-state index contributed by atoms with van der Waals surface area (Å²) in [5.74, 6) is 1.61. The number of aryl methyl sites for hydroxylation is 2. The van der Waals surface area contributed by atoms with Crippen molar-refractivity contribution in [1.29, 1.82) is 0 Å². The molecule has 3 heterocycles.